The summed E-state index contributed by atoms with van der Waals surface area (Å²) in [5, 5.41) is 2.60. The van der Waals surface area contributed by atoms with Crippen molar-refractivity contribution >= 4 is 17.5 Å². The van der Waals surface area contributed by atoms with Gasteiger partial charge in [0.1, 0.15) is 0 Å². The third kappa shape index (κ3) is 3.06. The number of anilines is 1. The quantitative estimate of drug-likeness (QED) is 0.770. The SMILES string of the molecule is CN(C)C(=O)c1ccc(NC(=O)CN)cc1. The van der Waals surface area contributed by atoms with Gasteiger partial charge in [0.2, 0.25) is 5.91 Å². The van der Waals surface area contributed by atoms with Crippen LogP contribution in [0, 0.1) is 0 Å². The molecule has 1 rings (SSSR count). The maximum atomic E-state index is 11.6. The summed E-state index contributed by atoms with van der Waals surface area (Å²) >= 11 is 0. The minimum atomic E-state index is -0.258. The molecule has 0 heterocycles. The first-order valence-corrected chi connectivity index (χ1v) is 4.86. The van der Waals surface area contributed by atoms with E-state index in [0.29, 0.717) is 11.3 Å². The van der Waals surface area contributed by atoms with E-state index in [-0.39, 0.29) is 18.4 Å². The maximum absolute atomic E-state index is 11.6. The fourth-order valence-corrected chi connectivity index (χ4v) is 1.17. The molecule has 0 radical (unpaired) electrons. The van der Waals surface area contributed by atoms with Gasteiger partial charge in [0.25, 0.3) is 5.91 Å². The Morgan fingerprint density at radius 2 is 1.81 bits per heavy atom. The number of carbonyl (C=O) groups excluding carboxylic acids is 2. The second-order valence-electron chi connectivity index (χ2n) is 3.53. The summed E-state index contributed by atoms with van der Waals surface area (Å²) in [6.45, 7) is -0.0572. The Hall–Kier alpha value is -1.88. The van der Waals surface area contributed by atoms with Gasteiger partial charge in [-0.1, -0.05) is 0 Å². The number of rotatable bonds is 3. The molecule has 0 spiro atoms. The molecule has 5 nitrogen and oxygen atoms in total. The number of nitrogens with two attached hydrogens (primary N) is 1. The molecular weight excluding hydrogens is 206 g/mol. The Morgan fingerprint density at radius 1 is 1.25 bits per heavy atom. The van der Waals surface area contributed by atoms with Gasteiger partial charge in [-0.25, -0.2) is 0 Å². The van der Waals surface area contributed by atoms with Crippen LogP contribution in [-0.2, 0) is 4.79 Å². The molecule has 0 saturated heterocycles. The summed E-state index contributed by atoms with van der Waals surface area (Å²) < 4.78 is 0. The van der Waals surface area contributed by atoms with Crippen LogP contribution >= 0.6 is 0 Å². The standard InChI is InChI=1S/C11H15N3O2/c1-14(2)11(16)8-3-5-9(6-4-8)13-10(15)7-12/h3-6H,7,12H2,1-2H3,(H,13,15). The van der Waals surface area contributed by atoms with Crippen LogP contribution in [0.15, 0.2) is 24.3 Å². The topological polar surface area (TPSA) is 75.4 Å². The molecule has 86 valence electrons. The van der Waals surface area contributed by atoms with Crippen LogP contribution < -0.4 is 11.1 Å². The molecule has 1 aromatic carbocycles. The Morgan fingerprint density at radius 3 is 2.25 bits per heavy atom. The number of carbonyl (C=O) groups is 2. The first-order valence-electron chi connectivity index (χ1n) is 4.86. The van der Waals surface area contributed by atoms with Gasteiger partial charge >= 0.3 is 0 Å². The second kappa shape index (κ2) is 5.27. The van der Waals surface area contributed by atoms with Crippen LogP contribution in [0.3, 0.4) is 0 Å². The molecule has 0 bridgehead atoms. The summed E-state index contributed by atoms with van der Waals surface area (Å²) in [6, 6.07) is 6.66. The molecule has 0 atom stereocenters. The third-order valence-corrected chi connectivity index (χ3v) is 2.01. The van der Waals surface area contributed by atoms with Gasteiger partial charge < -0.3 is 16.0 Å². The number of hydrogen-bond donors (Lipinski definition) is 2. The van der Waals surface area contributed by atoms with Crippen molar-refractivity contribution in [3.63, 3.8) is 0 Å². The van der Waals surface area contributed by atoms with Gasteiger partial charge in [0.05, 0.1) is 6.54 Å². The number of nitrogens with one attached hydrogen (secondary N) is 1. The van der Waals surface area contributed by atoms with Crippen molar-refractivity contribution in [2.24, 2.45) is 5.73 Å². The Balaban J connectivity index is 2.75. The van der Waals surface area contributed by atoms with E-state index < -0.39 is 0 Å². The molecule has 3 N–H and O–H groups in total. The van der Waals surface area contributed by atoms with Crippen LogP contribution in [0.5, 0.6) is 0 Å². The van der Waals surface area contributed by atoms with Crippen LogP contribution in [-0.4, -0.2) is 37.4 Å². The summed E-state index contributed by atoms with van der Waals surface area (Å²) in [7, 11) is 3.37. The zero-order valence-corrected chi connectivity index (χ0v) is 9.36. The molecule has 0 aliphatic rings. The maximum Gasteiger partial charge on any atom is 0.253 e. The highest BCUT2D eigenvalue weighted by Gasteiger charge is 2.07. The van der Waals surface area contributed by atoms with Gasteiger partial charge in [0, 0.05) is 25.3 Å². The molecule has 0 aromatic heterocycles. The summed E-state index contributed by atoms with van der Waals surface area (Å²) in [5.74, 6) is -0.330. The lowest BCUT2D eigenvalue weighted by Gasteiger charge is -2.10. The van der Waals surface area contributed by atoms with Crippen LogP contribution in [0.4, 0.5) is 5.69 Å². The lowest BCUT2D eigenvalue weighted by atomic mass is 10.2. The van der Waals surface area contributed by atoms with Crippen molar-refractivity contribution in [1.29, 1.82) is 0 Å². The summed E-state index contributed by atoms with van der Waals surface area (Å²) in [4.78, 5) is 24.0. The fourth-order valence-electron chi connectivity index (χ4n) is 1.17. The van der Waals surface area contributed by atoms with Crippen molar-refractivity contribution < 1.29 is 9.59 Å². The van der Waals surface area contributed by atoms with E-state index >= 15 is 0 Å². The number of nitrogens with zero attached hydrogens (tertiary/aromatic N) is 1. The molecule has 0 unspecified atom stereocenters. The zero-order chi connectivity index (χ0) is 12.1. The van der Waals surface area contributed by atoms with Crippen molar-refractivity contribution in [3.8, 4) is 0 Å². The molecule has 2 amide bonds. The van der Waals surface area contributed by atoms with Gasteiger partial charge in [-0.3, -0.25) is 9.59 Å². The fraction of sp³-hybridized carbons (Fsp3) is 0.273. The Bertz CT molecular complexity index is 385. The summed E-state index contributed by atoms with van der Waals surface area (Å²) in [6.07, 6.45) is 0. The second-order valence-corrected chi connectivity index (χ2v) is 3.53. The third-order valence-electron chi connectivity index (χ3n) is 2.01. The molecule has 0 aliphatic carbocycles. The van der Waals surface area contributed by atoms with Crippen LogP contribution in [0.25, 0.3) is 0 Å². The lowest BCUT2D eigenvalue weighted by molar-refractivity contribution is -0.114. The monoisotopic (exact) mass is 221 g/mol. The van der Waals surface area contributed by atoms with Crippen molar-refractivity contribution in [2.75, 3.05) is 26.0 Å². The first kappa shape index (κ1) is 12.2. The molecule has 0 fully saturated rings. The number of hydrogen-bond acceptors (Lipinski definition) is 3. The van der Waals surface area contributed by atoms with E-state index in [1.165, 1.54) is 4.90 Å². The highest BCUT2D eigenvalue weighted by molar-refractivity contribution is 5.95. The van der Waals surface area contributed by atoms with E-state index in [4.69, 9.17) is 5.73 Å². The highest BCUT2D eigenvalue weighted by Crippen LogP contribution is 2.10. The van der Waals surface area contributed by atoms with Gasteiger partial charge in [-0.05, 0) is 24.3 Å². The number of benzene rings is 1. The molecule has 16 heavy (non-hydrogen) atoms. The predicted octanol–water partition coefficient (Wildman–Crippen LogP) is 0.286. The Labute approximate surface area is 94.2 Å². The minimum Gasteiger partial charge on any atom is -0.345 e. The first-order chi connectivity index (χ1) is 7.54. The van der Waals surface area contributed by atoms with Gasteiger partial charge in [0.15, 0.2) is 0 Å². The van der Waals surface area contributed by atoms with Crippen molar-refractivity contribution in [3.05, 3.63) is 29.8 Å². The van der Waals surface area contributed by atoms with Crippen LogP contribution in [0.2, 0.25) is 0 Å². The minimum absolute atomic E-state index is 0.0572. The average Bonchev–Trinajstić information content (AvgIpc) is 2.28. The molecule has 5 heteroatoms. The molecule has 0 saturated carbocycles. The van der Waals surface area contributed by atoms with E-state index in [2.05, 4.69) is 5.32 Å². The molecule has 0 aliphatic heterocycles. The average molecular weight is 221 g/mol. The smallest absolute Gasteiger partial charge is 0.253 e. The zero-order valence-electron chi connectivity index (χ0n) is 9.36. The summed E-state index contributed by atoms with van der Waals surface area (Å²) in [5.41, 5.74) is 6.37. The van der Waals surface area contributed by atoms with E-state index in [1.807, 2.05) is 0 Å². The van der Waals surface area contributed by atoms with Gasteiger partial charge in [-0.15, -0.1) is 0 Å². The predicted molar refractivity (Wildman–Crippen MR) is 62.1 cm³/mol. The lowest BCUT2D eigenvalue weighted by Crippen LogP contribution is -2.23. The van der Waals surface area contributed by atoms with Crippen molar-refractivity contribution in [1.82, 2.24) is 4.90 Å². The number of amides is 2. The largest absolute Gasteiger partial charge is 0.345 e. The van der Waals surface area contributed by atoms with E-state index in [0.717, 1.165) is 0 Å². The van der Waals surface area contributed by atoms with Crippen LogP contribution in [0.1, 0.15) is 10.4 Å². The van der Waals surface area contributed by atoms with E-state index in [1.54, 1.807) is 38.4 Å². The normalized spacial score (nSPS) is 9.69. The van der Waals surface area contributed by atoms with Gasteiger partial charge in [-0.2, -0.15) is 0 Å². The molecular formula is C11H15N3O2. The highest BCUT2D eigenvalue weighted by atomic mass is 16.2. The Kier molecular flexibility index (Phi) is 4.02. The van der Waals surface area contributed by atoms with E-state index in [9.17, 15) is 9.59 Å². The van der Waals surface area contributed by atoms with Crippen molar-refractivity contribution in [2.45, 2.75) is 0 Å². The molecule has 1 aromatic rings.